The monoisotopic (exact) mass is 524 g/mol. The number of rotatable bonds is 5. The van der Waals surface area contributed by atoms with Gasteiger partial charge in [-0.2, -0.15) is 23.4 Å². The molecule has 0 bridgehead atoms. The van der Waals surface area contributed by atoms with E-state index in [2.05, 4.69) is 20.6 Å². The third-order valence-electron chi connectivity index (χ3n) is 6.51. The summed E-state index contributed by atoms with van der Waals surface area (Å²) >= 11 is 0. The fraction of sp³-hybridized carbons (Fsp3) is 0.320. The topological polar surface area (TPSA) is 130 Å². The molecule has 13 heteroatoms. The first kappa shape index (κ1) is 25.2. The number of amidine groups is 1. The van der Waals surface area contributed by atoms with Crippen LogP contribution in [0.5, 0.6) is 0 Å². The van der Waals surface area contributed by atoms with Crippen molar-refractivity contribution in [2.75, 3.05) is 5.32 Å². The van der Waals surface area contributed by atoms with E-state index in [1.165, 1.54) is 22.9 Å². The second kappa shape index (κ2) is 9.47. The van der Waals surface area contributed by atoms with E-state index in [4.69, 9.17) is 10.5 Å². The van der Waals surface area contributed by atoms with Gasteiger partial charge in [-0.1, -0.05) is 12.1 Å². The average Bonchev–Trinajstić information content (AvgIpc) is 3.54. The van der Waals surface area contributed by atoms with Crippen molar-refractivity contribution < 1.29 is 18.0 Å². The number of aromatic nitrogens is 4. The first-order valence-electron chi connectivity index (χ1n) is 11.9. The predicted molar refractivity (Wildman–Crippen MR) is 135 cm³/mol. The number of nitroso groups, excluding NO2 is 1. The first-order chi connectivity index (χ1) is 18.1. The van der Waals surface area contributed by atoms with E-state index in [-0.39, 0.29) is 23.6 Å². The Labute approximate surface area is 214 Å². The Morgan fingerprint density at radius 2 is 1.89 bits per heavy atom. The second-order valence-corrected chi connectivity index (χ2v) is 9.29. The van der Waals surface area contributed by atoms with Gasteiger partial charge in [0.2, 0.25) is 0 Å². The van der Waals surface area contributed by atoms with Crippen LogP contribution >= 0.6 is 0 Å². The van der Waals surface area contributed by atoms with E-state index in [1.807, 2.05) is 0 Å². The van der Waals surface area contributed by atoms with Crippen molar-refractivity contribution in [2.45, 2.75) is 45.8 Å². The molecule has 1 aliphatic carbocycles. The van der Waals surface area contributed by atoms with Gasteiger partial charge in [-0.15, -0.1) is 4.91 Å². The van der Waals surface area contributed by atoms with Crippen LogP contribution in [0, 0.1) is 30.1 Å². The zero-order valence-corrected chi connectivity index (χ0v) is 20.5. The highest BCUT2D eigenvalue weighted by Gasteiger charge is 2.31. The van der Waals surface area contributed by atoms with Crippen molar-refractivity contribution >= 4 is 29.6 Å². The van der Waals surface area contributed by atoms with Crippen molar-refractivity contribution in [2.24, 2.45) is 16.1 Å². The summed E-state index contributed by atoms with van der Waals surface area (Å²) in [7, 11) is 0. The highest BCUT2D eigenvalue weighted by atomic mass is 19.4. The lowest BCUT2D eigenvalue weighted by Crippen LogP contribution is -2.15. The summed E-state index contributed by atoms with van der Waals surface area (Å²) in [6, 6.07) is 4.83. The first-order valence-corrected chi connectivity index (χ1v) is 11.9. The molecule has 1 aromatic carbocycles. The molecule has 2 N–H and O–H groups in total. The van der Waals surface area contributed by atoms with Crippen LogP contribution in [0.3, 0.4) is 0 Å². The standard InChI is InChI=1S/C25H23F3N8O2/c1-13-21(24(37)34-38)14(2)36(32-13)20-11-19(29)31-23-18(9-10-30-20)22(33-35(23)12-15-3-4-15)16-5-7-17(8-6-16)25(26,27)28/h5-8,10-11,15H,3-4,9,12H2,1-2H3,(H2,29,31)/b20-11+,30-10-. The molecule has 3 heterocycles. The molecule has 3 aromatic rings. The van der Waals surface area contributed by atoms with Crippen LogP contribution in [0.15, 0.2) is 40.5 Å². The van der Waals surface area contributed by atoms with Gasteiger partial charge in [-0.05, 0) is 44.7 Å². The molecule has 196 valence electrons. The molecule has 0 atom stereocenters. The van der Waals surface area contributed by atoms with Gasteiger partial charge in [0, 0.05) is 41.6 Å². The maximum Gasteiger partial charge on any atom is 0.416 e. The Kier molecular flexibility index (Phi) is 6.29. The lowest BCUT2D eigenvalue weighted by Gasteiger charge is -2.10. The summed E-state index contributed by atoms with van der Waals surface area (Å²) in [6.45, 7) is 3.78. The van der Waals surface area contributed by atoms with Crippen molar-refractivity contribution in [3.63, 3.8) is 0 Å². The summed E-state index contributed by atoms with van der Waals surface area (Å²) in [5, 5.41) is 23.2. The molecule has 0 unspecified atom stereocenters. The minimum absolute atomic E-state index is 0.0369. The molecule has 0 spiro atoms. The number of nitrogens with one attached hydrogen (secondary N) is 2. The van der Waals surface area contributed by atoms with Gasteiger partial charge in [-0.25, -0.2) is 14.4 Å². The largest absolute Gasteiger partial charge is 0.416 e. The Hall–Kier alpha value is -4.42. The minimum Gasteiger partial charge on any atom is -0.325 e. The fourth-order valence-electron chi connectivity index (χ4n) is 4.46. The summed E-state index contributed by atoms with van der Waals surface area (Å²) in [5.41, 5.74) is 1.68. The molecule has 1 amide bonds. The average molecular weight is 525 g/mol. The van der Waals surface area contributed by atoms with Crippen LogP contribution in [-0.2, 0) is 19.1 Å². The number of hydrogen-bond donors (Lipinski definition) is 2. The molecule has 38 heavy (non-hydrogen) atoms. The zero-order valence-electron chi connectivity index (χ0n) is 20.5. The zero-order chi connectivity index (χ0) is 27.2. The maximum atomic E-state index is 13.1. The summed E-state index contributed by atoms with van der Waals surface area (Å²) < 4.78 is 42.5. The van der Waals surface area contributed by atoms with Crippen LogP contribution in [0.2, 0.25) is 0 Å². The number of aliphatic imine (C=N–C) groups is 1. The number of amides is 1. The van der Waals surface area contributed by atoms with E-state index in [0.29, 0.717) is 46.5 Å². The normalized spacial score (nSPS) is 17.9. The molecular weight excluding hydrogens is 501 g/mol. The highest BCUT2D eigenvalue weighted by molar-refractivity contribution is 6.06. The van der Waals surface area contributed by atoms with Gasteiger partial charge < -0.3 is 5.32 Å². The van der Waals surface area contributed by atoms with Gasteiger partial charge in [0.25, 0.3) is 0 Å². The molecule has 5 rings (SSSR count). The van der Waals surface area contributed by atoms with E-state index >= 15 is 0 Å². The third kappa shape index (κ3) is 4.78. The Morgan fingerprint density at radius 3 is 2.53 bits per heavy atom. The molecule has 1 aliphatic heterocycles. The molecule has 0 radical (unpaired) electrons. The number of carbonyl (C=O) groups is 1. The molecule has 2 aromatic heterocycles. The molecule has 1 fully saturated rings. The molecule has 2 aliphatic rings. The Balaban J connectivity index is 1.55. The Bertz CT molecular complexity index is 1510. The maximum absolute atomic E-state index is 13.1. The predicted octanol–water partition coefficient (Wildman–Crippen LogP) is 5.21. The number of benzene rings is 1. The van der Waals surface area contributed by atoms with Gasteiger partial charge >= 0.3 is 12.1 Å². The number of hydrogen-bond acceptors (Lipinski definition) is 6. The number of carbonyl (C=O) groups excluding carboxylic acids is 1. The van der Waals surface area contributed by atoms with Crippen LogP contribution in [0.25, 0.3) is 17.1 Å². The summed E-state index contributed by atoms with van der Waals surface area (Å²) in [5.74, 6) is 0.261. The van der Waals surface area contributed by atoms with E-state index < -0.39 is 17.6 Å². The fourth-order valence-corrected chi connectivity index (χ4v) is 4.46. The molecular formula is C25H23F3N8O2. The van der Waals surface area contributed by atoms with Gasteiger partial charge in [0.1, 0.15) is 11.7 Å². The van der Waals surface area contributed by atoms with Crippen molar-refractivity contribution in [3.8, 4) is 11.3 Å². The van der Waals surface area contributed by atoms with Gasteiger partial charge in [-0.3, -0.25) is 10.2 Å². The second-order valence-electron chi connectivity index (χ2n) is 9.29. The van der Waals surface area contributed by atoms with Crippen molar-refractivity contribution in [3.05, 3.63) is 63.3 Å². The van der Waals surface area contributed by atoms with Crippen LogP contribution < -0.4 is 5.32 Å². The molecule has 10 nitrogen and oxygen atoms in total. The molecule has 1 saturated carbocycles. The molecule has 0 saturated heterocycles. The lowest BCUT2D eigenvalue weighted by molar-refractivity contribution is -0.137. The van der Waals surface area contributed by atoms with Crippen LogP contribution in [0.4, 0.5) is 19.0 Å². The third-order valence-corrected chi connectivity index (χ3v) is 6.51. The van der Waals surface area contributed by atoms with Crippen molar-refractivity contribution in [1.82, 2.24) is 19.6 Å². The number of anilines is 1. The van der Waals surface area contributed by atoms with E-state index in [1.54, 1.807) is 24.7 Å². The van der Waals surface area contributed by atoms with Crippen molar-refractivity contribution in [1.29, 1.82) is 5.41 Å². The quantitative estimate of drug-likeness (QED) is 0.442. The SMILES string of the molecule is Cc1nn(C2=C/C(=N)Nc3c(c(-c4ccc(C(F)(F)F)cc4)nn3CC3CC3)C/C=N\2)c(C)c1C(=O)N=O. The Morgan fingerprint density at radius 1 is 1.18 bits per heavy atom. The van der Waals surface area contributed by atoms with Gasteiger partial charge in [0.05, 0.1) is 28.2 Å². The number of aryl methyl sites for hydroxylation is 1. The number of halogens is 3. The number of nitrogens with zero attached hydrogens (tertiary/aromatic N) is 6. The lowest BCUT2D eigenvalue weighted by atomic mass is 10.0. The number of fused-ring (bicyclic) bond motifs is 1. The smallest absolute Gasteiger partial charge is 0.325 e. The number of alkyl halides is 3. The minimum atomic E-state index is -4.45. The van der Waals surface area contributed by atoms with Gasteiger partial charge in [0.15, 0.2) is 5.82 Å². The van der Waals surface area contributed by atoms with Crippen LogP contribution in [-0.4, -0.2) is 37.5 Å². The summed E-state index contributed by atoms with van der Waals surface area (Å²) in [4.78, 5) is 27.3. The highest BCUT2D eigenvalue weighted by Crippen LogP contribution is 2.37. The van der Waals surface area contributed by atoms with E-state index in [0.717, 1.165) is 25.0 Å². The van der Waals surface area contributed by atoms with Crippen LogP contribution in [0.1, 0.15) is 45.7 Å². The summed E-state index contributed by atoms with van der Waals surface area (Å²) in [6.07, 6.45) is 0.952. The van der Waals surface area contributed by atoms with E-state index in [9.17, 15) is 22.9 Å².